The van der Waals surface area contributed by atoms with E-state index in [0.717, 1.165) is 12.1 Å². The van der Waals surface area contributed by atoms with Crippen molar-refractivity contribution >= 4 is 11.9 Å². The lowest BCUT2D eigenvalue weighted by Gasteiger charge is -1.99. The second kappa shape index (κ2) is 9.03. The zero-order valence-corrected chi connectivity index (χ0v) is 11.2. The summed E-state index contributed by atoms with van der Waals surface area (Å²) in [6, 6.07) is 16.4. The molecule has 0 atom stereocenters. The number of rotatable bonds is 4. The fraction of sp³-hybridized carbons (Fsp3) is 0.0625. The molecule has 0 spiro atoms. The van der Waals surface area contributed by atoms with Gasteiger partial charge in [-0.25, -0.2) is 9.59 Å². The number of hydrogen-bond donors (Lipinski definition) is 2. The second-order valence-corrected chi connectivity index (χ2v) is 3.99. The third-order valence-electron chi connectivity index (χ3n) is 2.32. The van der Waals surface area contributed by atoms with E-state index in [1.165, 1.54) is 5.56 Å². The number of carboxylic acid groups (broad SMARTS) is 2. The van der Waals surface area contributed by atoms with Gasteiger partial charge in [-0.05, 0) is 17.7 Å². The topological polar surface area (TPSA) is 87.5 Å². The standard InChI is InChI=1S/C12H11N.C4H4O4/c1-2-6-11(7-3-1)10-12-8-4-5-9-13-12;5-3(6)1-2-4(7)8/h1-9H,10H2;1-2H,(H,5,6)(H,7,8)/b;2-1+. The minimum atomic E-state index is -1.26. The highest BCUT2D eigenvalue weighted by Gasteiger charge is 1.94. The molecule has 0 bridgehead atoms. The third-order valence-corrected chi connectivity index (χ3v) is 2.32. The molecule has 0 saturated carbocycles. The van der Waals surface area contributed by atoms with Gasteiger partial charge in [-0.2, -0.15) is 0 Å². The lowest BCUT2D eigenvalue weighted by Crippen LogP contribution is -1.91. The Labute approximate surface area is 122 Å². The molecule has 2 N–H and O–H groups in total. The summed E-state index contributed by atoms with van der Waals surface area (Å²) in [7, 11) is 0. The number of hydrogen-bond acceptors (Lipinski definition) is 3. The predicted octanol–water partition coefficient (Wildman–Crippen LogP) is 2.38. The highest BCUT2D eigenvalue weighted by atomic mass is 16.4. The van der Waals surface area contributed by atoms with Crippen molar-refractivity contribution in [1.82, 2.24) is 4.98 Å². The van der Waals surface area contributed by atoms with E-state index in [1.807, 2.05) is 30.5 Å². The van der Waals surface area contributed by atoms with Crippen LogP contribution >= 0.6 is 0 Å². The average molecular weight is 285 g/mol. The number of carboxylic acids is 2. The van der Waals surface area contributed by atoms with Crippen LogP contribution in [0.3, 0.4) is 0 Å². The van der Waals surface area contributed by atoms with Crippen LogP contribution in [0.2, 0.25) is 0 Å². The van der Waals surface area contributed by atoms with Gasteiger partial charge < -0.3 is 10.2 Å². The Morgan fingerprint density at radius 3 is 1.95 bits per heavy atom. The van der Waals surface area contributed by atoms with Gasteiger partial charge in [0.25, 0.3) is 0 Å². The van der Waals surface area contributed by atoms with Gasteiger partial charge in [0.05, 0.1) is 0 Å². The fourth-order valence-electron chi connectivity index (χ4n) is 1.45. The maximum Gasteiger partial charge on any atom is 0.328 e. The molecule has 1 aromatic carbocycles. The van der Waals surface area contributed by atoms with Gasteiger partial charge in [0, 0.05) is 30.5 Å². The lowest BCUT2D eigenvalue weighted by molar-refractivity contribution is -0.134. The summed E-state index contributed by atoms with van der Waals surface area (Å²) >= 11 is 0. The van der Waals surface area contributed by atoms with E-state index in [2.05, 4.69) is 29.2 Å². The Hall–Kier alpha value is -2.95. The van der Waals surface area contributed by atoms with Gasteiger partial charge in [0.2, 0.25) is 0 Å². The number of carbonyl (C=O) groups is 2. The third kappa shape index (κ3) is 7.94. The maximum absolute atomic E-state index is 9.55. The molecule has 5 nitrogen and oxygen atoms in total. The van der Waals surface area contributed by atoms with E-state index in [4.69, 9.17) is 10.2 Å². The van der Waals surface area contributed by atoms with Gasteiger partial charge in [-0.15, -0.1) is 0 Å². The first-order valence-electron chi connectivity index (χ1n) is 6.15. The van der Waals surface area contributed by atoms with E-state index < -0.39 is 11.9 Å². The van der Waals surface area contributed by atoms with E-state index in [0.29, 0.717) is 12.2 Å². The number of aliphatic carboxylic acids is 2. The lowest BCUT2D eigenvalue weighted by atomic mass is 10.1. The minimum Gasteiger partial charge on any atom is -0.478 e. The van der Waals surface area contributed by atoms with Crippen molar-refractivity contribution < 1.29 is 19.8 Å². The molecule has 0 unspecified atom stereocenters. The maximum atomic E-state index is 9.55. The average Bonchev–Trinajstić information content (AvgIpc) is 2.48. The molecule has 2 rings (SSSR count). The van der Waals surface area contributed by atoms with E-state index in [-0.39, 0.29) is 0 Å². The summed E-state index contributed by atoms with van der Waals surface area (Å²) in [4.78, 5) is 23.4. The van der Waals surface area contributed by atoms with Crippen molar-refractivity contribution in [1.29, 1.82) is 0 Å². The molecule has 0 radical (unpaired) electrons. The number of aromatic nitrogens is 1. The van der Waals surface area contributed by atoms with Crippen LogP contribution in [0.15, 0.2) is 66.9 Å². The van der Waals surface area contributed by atoms with Crippen molar-refractivity contribution in [2.24, 2.45) is 0 Å². The molecule has 1 heterocycles. The van der Waals surface area contributed by atoms with Crippen LogP contribution in [0.5, 0.6) is 0 Å². The second-order valence-electron chi connectivity index (χ2n) is 3.99. The van der Waals surface area contributed by atoms with Crippen LogP contribution in [0.1, 0.15) is 11.3 Å². The molecular formula is C16H15NO4. The van der Waals surface area contributed by atoms with E-state index in [1.54, 1.807) is 0 Å². The van der Waals surface area contributed by atoms with Crippen molar-refractivity contribution in [3.05, 3.63) is 78.1 Å². The molecule has 2 aromatic rings. The Morgan fingerprint density at radius 1 is 0.905 bits per heavy atom. The molecule has 0 saturated heterocycles. The number of pyridine rings is 1. The number of benzene rings is 1. The first kappa shape index (κ1) is 16.1. The summed E-state index contributed by atoms with van der Waals surface area (Å²) in [6.07, 6.45) is 3.87. The van der Waals surface area contributed by atoms with Crippen LogP contribution < -0.4 is 0 Å². The molecule has 108 valence electrons. The molecule has 0 aliphatic rings. The normalized spacial score (nSPS) is 9.71. The van der Waals surface area contributed by atoms with E-state index in [9.17, 15) is 9.59 Å². The molecule has 0 aliphatic heterocycles. The van der Waals surface area contributed by atoms with Crippen molar-refractivity contribution in [2.75, 3.05) is 0 Å². The summed E-state index contributed by atoms with van der Waals surface area (Å²) in [6.45, 7) is 0. The SMILES string of the molecule is O=C(O)/C=C/C(=O)O.c1ccc(Cc2ccccn2)cc1. The molecule has 0 fully saturated rings. The predicted molar refractivity (Wildman–Crippen MR) is 77.9 cm³/mol. The Bertz CT molecular complexity index is 541. The smallest absolute Gasteiger partial charge is 0.328 e. The monoisotopic (exact) mass is 285 g/mol. The van der Waals surface area contributed by atoms with Crippen molar-refractivity contribution in [3.8, 4) is 0 Å². The zero-order valence-electron chi connectivity index (χ0n) is 11.2. The summed E-state index contributed by atoms with van der Waals surface area (Å²) in [5.41, 5.74) is 2.43. The quantitative estimate of drug-likeness (QED) is 0.842. The van der Waals surface area contributed by atoms with Crippen LogP contribution in [-0.4, -0.2) is 27.1 Å². The Morgan fingerprint density at radius 2 is 1.48 bits per heavy atom. The van der Waals surface area contributed by atoms with Crippen LogP contribution in [0, 0.1) is 0 Å². The van der Waals surface area contributed by atoms with Crippen LogP contribution in [-0.2, 0) is 16.0 Å². The van der Waals surface area contributed by atoms with Crippen molar-refractivity contribution in [3.63, 3.8) is 0 Å². The Balaban J connectivity index is 0.000000240. The zero-order chi connectivity index (χ0) is 15.5. The van der Waals surface area contributed by atoms with Gasteiger partial charge in [0.15, 0.2) is 0 Å². The molecule has 0 amide bonds. The molecule has 1 aromatic heterocycles. The van der Waals surface area contributed by atoms with Crippen LogP contribution in [0.25, 0.3) is 0 Å². The summed E-state index contributed by atoms with van der Waals surface area (Å²) in [5, 5.41) is 15.6. The molecule has 0 aliphatic carbocycles. The fourth-order valence-corrected chi connectivity index (χ4v) is 1.45. The first-order valence-corrected chi connectivity index (χ1v) is 6.15. The van der Waals surface area contributed by atoms with Gasteiger partial charge in [-0.3, -0.25) is 4.98 Å². The highest BCUT2D eigenvalue weighted by molar-refractivity contribution is 5.89. The largest absolute Gasteiger partial charge is 0.478 e. The minimum absolute atomic E-state index is 0.558. The highest BCUT2D eigenvalue weighted by Crippen LogP contribution is 2.05. The van der Waals surface area contributed by atoms with Gasteiger partial charge in [-0.1, -0.05) is 36.4 Å². The van der Waals surface area contributed by atoms with Crippen molar-refractivity contribution in [2.45, 2.75) is 6.42 Å². The molecule has 21 heavy (non-hydrogen) atoms. The van der Waals surface area contributed by atoms with E-state index >= 15 is 0 Å². The summed E-state index contributed by atoms with van der Waals surface area (Å²) in [5.74, 6) is -2.51. The van der Waals surface area contributed by atoms with Crippen LogP contribution in [0.4, 0.5) is 0 Å². The van der Waals surface area contributed by atoms with Gasteiger partial charge in [0.1, 0.15) is 0 Å². The molecule has 5 heteroatoms. The Kier molecular flexibility index (Phi) is 6.93. The number of nitrogens with zero attached hydrogens (tertiary/aromatic N) is 1. The first-order chi connectivity index (χ1) is 10.1. The molecular weight excluding hydrogens is 270 g/mol. The van der Waals surface area contributed by atoms with Gasteiger partial charge >= 0.3 is 11.9 Å². The summed E-state index contributed by atoms with van der Waals surface area (Å²) < 4.78 is 0.